The van der Waals surface area contributed by atoms with Gasteiger partial charge in [0.25, 0.3) is 0 Å². The van der Waals surface area contributed by atoms with Crippen molar-refractivity contribution in [1.82, 2.24) is 19.9 Å². The molecule has 0 saturated carbocycles. The van der Waals surface area contributed by atoms with Gasteiger partial charge in [0.2, 0.25) is 6.79 Å². The van der Waals surface area contributed by atoms with Gasteiger partial charge in [-0.25, -0.2) is 15.0 Å². The molecule has 0 saturated heterocycles. The van der Waals surface area contributed by atoms with Crippen LogP contribution in [0, 0.1) is 0 Å². The summed E-state index contributed by atoms with van der Waals surface area (Å²) in [7, 11) is 1.60. The molecule has 2 aromatic heterocycles. The van der Waals surface area contributed by atoms with E-state index in [-0.39, 0.29) is 6.79 Å². The normalized spacial score (nSPS) is 12.8. The maximum Gasteiger partial charge on any atom is 0.231 e. The summed E-state index contributed by atoms with van der Waals surface area (Å²) in [6.07, 6.45) is 3.06. The average molecular weight is 270 g/mol. The van der Waals surface area contributed by atoms with Crippen molar-refractivity contribution >= 4 is 11.2 Å². The summed E-state index contributed by atoms with van der Waals surface area (Å²) < 4.78 is 16.2. The van der Waals surface area contributed by atoms with Crippen molar-refractivity contribution in [2.75, 3.05) is 13.9 Å². The van der Waals surface area contributed by atoms with E-state index < -0.39 is 0 Å². The van der Waals surface area contributed by atoms with Crippen LogP contribution in [0.3, 0.4) is 0 Å². The number of nitrogens with one attached hydrogen (secondary N) is 1. The summed E-state index contributed by atoms with van der Waals surface area (Å²) in [5.41, 5.74) is 2.87. The Hall–Kier alpha value is -2.83. The first kappa shape index (κ1) is 11.0. The monoisotopic (exact) mass is 270 g/mol. The van der Waals surface area contributed by atoms with Crippen molar-refractivity contribution in [3.05, 3.63) is 24.8 Å². The molecule has 1 aliphatic heterocycles. The van der Waals surface area contributed by atoms with Gasteiger partial charge in [-0.05, 0) is 6.07 Å². The Morgan fingerprint density at radius 3 is 2.85 bits per heavy atom. The van der Waals surface area contributed by atoms with Crippen molar-refractivity contribution in [2.24, 2.45) is 0 Å². The smallest absolute Gasteiger partial charge is 0.231 e. The van der Waals surface area contributed by atoms with Crippen LogP contribution in [0.15, 0.2) is 24.8 Å². The molecular formula is C13H10N4O3. The average Bonchev–Trinajstić information content (AvgIpc) is 3.13. The summed E-state index contributed by atoms with van der Waals surface area (Å²) in [5.74, 6) is 2.00. The lowest BCUT2D eigenvalue weighted by Crippen LogP contribution is -1.93. The Bertz CT molecular complexity index is 799. The number of fused-ring (bicyclic) bond motifs is 2. The van der Waals surface area contributed by atoms with Crippen LogP contribution in [0.1, 0.15) is 0 Å². The molecule has 0 unspecified atom stereocenters. The number of aromatic amines is 1. The van der Waals surface area contributed by atoms with Gasteiger partial charge in [0.1, 0.15) is 23.3 Å². The molecule has 0 atom stereocenters. The number of nitrogens with zero attached hydrogens (tertiary/aromatic N) is 3. The summed E-state index contributed by atoms with van der Waals surface area (Å²) in [5, 5.41) is 0. The Kier molecular flexibility index (Phi) is 2.26. The van der Waals surface area contributed by atoms with Crippen molar-refractivity contribution in [3.8, 4) is 28.5 Å². The lowest BCUT2D eigenvalue weighted by Gasteiger charge is -2.09. The van der Waals surface area contributed by atoms with E-state index in [0.29, 0.717) is 28.6 Å². The fourth-order valence-corrected chi connectivity index (χ4v) is 2.25. The molecule has 4 rings (SSSR count). The molecule has 7 heteroatoms. The third-order valence-electron chi connectivity index (χ3n) is 3.17. The molecule has 0 aliphatic carbocycles. The first-order chi connectivity index (χ1) is 9.86. The van der Waals surface area contributed by atoms with E-state index in [2.05, 4.69) is 19.9 Å². The Labute approximate surface area is 113 Å². The van der Waals surface area contributed by atoms with E-state index >= 15 is 0 Å². The van der Waals surface area contributed by atoms with Gasteiger partial charge in [-0.3, -0.25) is 0 Å². The molecule has 0 bridgehead atoms. The molecule has 20 heavy (non-hydrogen) atoms. The third-order valence-corrected chi connectivity index (χ3v) is 3.17. The number of hydrogen-bond acceptors (Lipinski definition) is 6. The van der Waals surface area contributed by atoms with Crippen LogP contribution in [0.5, 0.6) is 17.2 Å². The number of H-pyrrole nitrogens is 1. The van der Waals surface area contributed by atoms with E-state index in [4.69, 9.17) is 14.2 Å². The molecule has 3 heterocycles. The molecule has 0 amide bonds. The SMILES string of the molecule is COc1cc2c(cc1-c1ncnc3nc[nH]c13)OCO2. The highest BCUT2D eigenvalue weighted by Gasteiger charge is 2.21. The minimum atomic E-state index is 0.213. The molecule has 100 valence electrons. The lowest BCUT2D eigenvalue weighted by atomic mass is 10.1. The van der Waals surface area contributed by atoms with Crippen LogP contribution >= 0.6 is 0 Å². The predicted octanol–water partition coefficient (Wildman–Crippen LogP) is 1.76. The van der Waals surface area contributed by atoms with Gasteiger partial charge in [0, 0.05) is 11.6 Å². The van der Waals surface area contributed by atoms with Crippen LogP contribution in [-0.4, -0.2) is 33.8 Å². The van der Waals surface area contributed by atoms with Gasteiger partial charge in [-0.15, -0.1) is 0 Å². The molecular weight excluding hydrogens is 260 g/mol. The van der Waals surface area contributed by atoms with E-state index in [0.717, 1.165) is 11.1 Å². The third kappa shape index (κ3) is 1.49. The van der Waals surface area contributed by atoms with Gasteiger partial charge in [0.15, 0.2) is 17.1 Å². The van der Waals surface area contributed by atoms with E-state index in [1.54, 1.807) is 19.5 Å². The van der Waals surface area contributed by atoms with Crippen LogP contribution < -0.4 is 14.2 Å². The number of ether oxygens (including phenoxy) is 3. The van der Waals surface area contributed by atoms with Crippen LogP contribution in [0.25, 0.3) is 22.4 Å². The van der Waals surface area contributed by atoms with Gasteiger partial charge >= 0.3 is 0 Å². The van der Waals surface area contributed by atoms with E-state index in [1.807, 2.05) is 6.07 Å². The van der Waals surface area contributed by atoms with Crippen LogP contribution in [0.2, 0.25) is 0 Å². The number of aromatic nitrogens is 4. The number of hydrogen-bond donors (Lipinski definition) is 1. The second-order valence-corrected chi connectivity index (χ2v) is 4.23. The highest BCUT2D eigenvalue weighted by Crippen LogP contribution is 2.42. The van der Waals surface area contributed by atoms with Crippen molar-refractivity contribution < 1.29 is 14.2 Å². The van der Waals surface area contributed by atoms with Crippen molar-refractivity contribution in [2.45, 2.75) is 0 Å². The van der Waals surface area contributed by atoms with Gasteiger partial charge in [-0.2, -0.15) is 0 Å². The standard InChI is InChI=1S/C13H10N4O3/c1-18-8-3-10-9(19-6-20-10)2-7(8)11-12-13(16-4-14-11)17-5-15-12/h2-5H,6H2,1H3,(H,14,15,16,17). The molecule has 1 N–H and O–H groups in total. The number of methoxy groups -OCH3 is 1. The van der Waals surface area contributed by atoms with E-state index in [9.17, 15) is 0 Å². The number of benzene rings is 1. The Morgan fingerprint density at radius 1 is 1.15 bits per heavy atom. The van der Waals surface area contributed by atoms with Crippen molar-refractivity contribution in [1.29, 1.82) is 0 Å². The van der Waals surface area contributed by atoms with Crippen molar-refractivity contribution in [3.63, 3.8) is 0 Å². The van der Waals surface area contributed by atoms with E-state index in [1.165, 1.54) is 6.33 Å². The maximum absolute atomic E-state index is 5.42. The summed E-state index contributed by atoms with van der Waals surface area (Å²) in [6, 6.07) is 3.64. The zero-order valence-corrected chi connectivity index (χ0v) is 10.6. The predicted molar refractivity (Wildman–Crippen MR) is 69.8 cm³/mol. The molecule has 7 nitrogen and oxygen atoms in total. The first-order valence-corrected chi connectivity index (χ1v) is 5.99. The zero-order chi connectivity index (χ0) is 13.5. The molecule has 0 spiro atoms. The van der Waals surface area contributed by atoms with Crippen LogP contribution in [-0.2, 0) is 0 Å². The minimum Gasteiger partial charge on any atom is -0.496 e. The Morgan fingerprint density at radius 2 is 2.00 bits per heavy atom. The molecule has 0 radical (unpaired) electrons. The van der Waals surface area contributed by atoms with Gasteiger partial charge < -0.3 is 19.2 Å². The summed E-state index contributed by atoms with van der Waals surface area (Å²) >= 11 is 0. The fraction of sp³-hybridized carbons (Fsp3) is 0.154. The molecule has 0 fully saturated rings. The molecule has 3 aromatic rings. The molecule has 1 aliphatic rings. The Balaban J connectivity index is 2.00. The number of rotatable bonds is 2. The van der Waals surface area contributed by atoms with Gasteiger partial charge in [-0.1, -0.05) is 0 Å². The van der Waals surface area contributed by atoms with Crippen LogP contribution in [0.4, 0.5) is 0 Å². The molecule has 1 aromatic carbocycles. The number of imidazole rings is 1. The van der Waals surface area contributed by atoms with Gasteiger partial charge in [0.05, 0.1) is 13.4 Å². The highest BCUT2D eigenvalue weighted by molar-refractivity contribution is 5.89. The topological polar surface area (TPSA) is 82.2 Å². The highest BCUT2D eigenvalue weighted by atomic mass is 16.7. The fourth-order valence-electron chi connectivity index (χ4n) is 2.25. The summed E-state index contributed by atoms with van der Waals surface area (Å²) in [6.45, 7) is 0.213. The quantitative estimate of drug-likeness (QED) is 0.764. The largest absolute Gasteiger partial charge is 0.496 e. The zero-order valence-electron chi connectivity index (χ0n) is 10.6. The second kappa shape index (κ2) is 4.09. The minimum absolute atomic E-state index is 0.213. The second-order valence-electron chi connectivity index (χ2n) is 4.23. The lowest BCUT2D eigenvalue weighted by molar-refractivity contribution is 0.174. The first-order valence-electron chi connectivity index (χ1n) is 5.99. The maximum atomic E-state index is 5.42. The summed E-state index contributed by atoms with van der Waals surface area (Å²) in [4.78, 5) is 15.6.